The number of fused-ring (bicyclic) bond motifs is 1. The van der Waals surface area contributed by atoms with Crippen LogP contribution < -0.4 is 5.32 Å². The van der Waals surface area contributed by atoms with Gasteiger partial charge >= 0.3 is 5.97 Å². The molecule has 0 spiro atoms. The van der Waals surface area contributed by atoms with E-state index in [9.17, 15) is 9.59 Å². The first-order valence-corrected chi connectivity index (χ1v) is 10.7. The molecule has 1 saturated carbocycles. The van der Waals surface area contributed by atoms with Gasteiger partial charge in [-0.3, -0.25) is 9.78 Å². The number of aromatic nitrogens is 1. The lowest BCUT2D eigenvalue weighted by Gasteiger charge is -2.10. The number of carbonyl (C=O) groups excluding carboxylic acids is 2. The van der Waals surface area contributed by atoms with Crippen molar-refractivity contribution in [3.8, 4) is 0 Å². The fourth-order valence-electron chi connectivity index (χ4n) is 3.09. The van der Waals surface area contributed by atoms with Crippen molar-refractivity contribution in [2.45, 2.75) is 23.7 Å². The number of benzene rings is 2. The van der Waals surface area contributed by atoms with E-state index in [0.717, 1.165) is 40.1 Å². The molecular weight excluding hydrogens is 384 g/mol. The van der Waals surface area contributed by atoms with Crippen molar-refractivity contribution < 1.29 is 14.3 Å². The number of esters is 1. The number of pyridine rings is 1. The van der Waals surface area contributed by atoms with E-state index in [1.807, 2.05) is 60.7 Å². The number of nitrogens with zero attached hydrogens (tertiary/aromatic N) is 1. The highest BCUT2D eigenvalue weighted by Crippen LogP contribution is 2.40. The largest absolute Gasteiger partial charge is 0.452 e. The van der Waals surface area contributed by atoms with Crippen molar-refractivity contribution in [2.75, 3.05) is 18.9 Å². The van der Waals surface area contributed by atoms with Gasteiger partial charge < -0.3 is 10.1 Å². The highest BCUT2D eigenvalue weighted by Gasteiger charge is 2.27. The first kappa shape index (κ1) is 19.5. The Hall–Kier alpha value is -2.86. The molecule has 29 heavy (non-hydrogen) atoms. The Morgan fingerprint density at radius 2 is 1.83 bits per heavy atom. The first-order chi connectivity index (χ1) is 14.2. The zero-order chi connectivity index (χ0) is 20.1. The summed E-state index contributed by atoms with van der Waals surface area (Å²) in [6, 6.07) is 19.3. The molecule has 0 aliphatic heterocycles. The van der Waals surface area contributed by atoms with Crippen LogP contribution in [0, 0.1) is 0 Å². The molecule has 0 atom stereocenters. The second-order valence-electron chi connectivity index (χ2n) is 6.97. The molecule has 0 bridgehead atoms. The number of para-hydroxylation sites is 1. The van der Waals surface area contributed by atoms with E-state index in [-0.39, 0.29) is 12.5 Å². The molecule has 1 aromatic heterocycles. The van der Waals surface area contributed by atoms with Gasteiger partial charge in [-0.2, -0.15) is 0 Å². The summed E-state index contributed by atoms with van der Waals surface area (Å²) in [5, 5.41) is 3.54. The molecule has 2 aromatic carbocycles. The van der Waals surface area contributed by atoms with Crippen LogP contribution in [0.25, 0.3) is 10.9 Å². The Morgan fingerprint density at radius 1 is 1.07 bits per heavy atom. The quantitative estimate of drug-likeness (QED) is 0.345. The van der Waals surface area contributed by atoms with Gasteiger partial charge in [0.15, 0.2) is 6.61 Å². The minimum atomic E-state index is -0.487. The van der Waals surface area contributed by atoms with Crippen molar-refractivity contribution in [2.24, 2.45) is 0 Å². The highest BCUT2D eigenvalue weighted by molar-refractivity contribution is 7.99. The maximum Gasteiger partial charge on any atom is 0.339 e. The van der Waals surface area contributed by atoms with Gasteiger partial charge in [-0.25, -0.2) is 4.79 Å². The molecule has 0 unspecified atom stereocenters. The summed E-state index contributed by atoms with van der Waals surface area (Å²) >= 11 is 1.67. The molecule has 1 aliphatic rings. The van der Waals surface area contributed by atoms with Crippen molar-refractivity contribution in [3.05, 3.63) is 71.9 Å². The second kappa shape index (κ2) is 9.09. The molecule has 0 saturated heterocycles. The molecule has 1 N–H and O–H groups in total. The van der Waals surface area contributed by atoms with Gasteiger partial charge in [0, 0.05) is 34.2 Å². The summed E-state index contributed by atoms with van der Waals surface area (Å²) in [5.41, 5.74) is 2.19. The Kier molecular flexibility index (Phi) is 6.10. The van der Waals surface area contributed by atoms with E-state index >= 15 is 0 Å². The minimum Gasteiger partial charge on any atom is -0.452 e. The molecule has 1 aliphatic carbocycles. The molecule has 1 amide bonds. The molecule has 1 fully saturated rings. The normalized spacial score (nSPS) is 13.2. The lowest BCUT2D eigenvalue weighted by atomic mass is 10.1. The van der Waals surface area contributed by atoms with E-state index in [1.165, 1.54) is 0 Å². The lowest BCUT2D eigenvalue weighted by molar-refractivity contribution is -0.124. The minimum absolute atomic E-state index is 0.287. The summed E-state index contributed by atoms with van der Waals surface area (Å²) in [6.07, 6.45) is 2.20. The number of rotatable bonds is 8. The first-order valence-electron chi connectivity index (χ1n) is 9.72. The third-order valence-electron chi connectivity index (χ3n) is 4.72. The number of amides is 1. The average molecular weight is 407 g/mol. The molecule has 0 radical (unpaired) electrons. The van der Waals surface area contributed by atoms with E-state index in [1.54, 1.807) is 11.8 Å². The van der Waals surface area contributed by atoms with Crippen LogP contribution in [-0.2, 0) is 9.53 Å². The maximum absolute atomic E-state index is 12.6. The van der Waals surface area contributed by atoms with Crippen LogP contribution in [0.4, 0.5) is 0 Å². The van der Waals surface area contributed by atoms with E-state index in [4.69, 9.17) is 4.74 Å². The smallest absolute Gasteiger partial charge is 0.339 e. The molecule has 3 aromatic rings. The number of thioether (sulfide) groups is 1. The second-order valence-corrected chi connectivity index (χ2v) is 8.14. The molecule has 6 heteroatoms. The van der Waals surface area contributed by atoms with Gasteiger partial charge in [-0.1, -0.05) is 36.4 Å². The summed E-state index contributed by atoms with van der Waals surface area (Å²) in [4.78, 5) is 30.5. The Bertz CT molecular complexity index is 1020. The lowest BCUT2D eigenvalue weighted by Crippen LogP contribution is -2.30. The average Bonchev–Trinajstić information content (AvgIpc) is 3.60. The monoisotopic (exact) mass is 406 g/mol. The van der Waals surface area contributed by atoms with Crippen molar-refractivity contribution in [1.82, 2.24) is 10.3 Å². The van der Waals surface area contributed by atoms with Gasteiger partial charge in [-0.15, -0.1) is 11.8 Å². The van der Waals surface area contributed by atoms with E-state index in [0.29, 0.717) is 18.0 Å². The maximum atomic E-state index is 12.6. The van der Waals surface area contributed by atoms with E-state index < -0.39 is 5.97 Å². The Labute approximate surface area is 173 Å². The van der Waals surface area contributed by atoms with Crippen molar-refractivity contribution >= 4 is 34.5 Å². The third-order valence-corrected chi connectivity index (χ3v) is 5.74. The van der Waals surface area contributed by atoms with Gasteiger partial charge in [0.25, 0.3) is 5.91 Å². The van der Waals surface area contributed by atoms with Gasteiger partial charge in [-0.05, 0) is 37.1 Å². The van der Waals surface area contributed by atoms with Crippen LogP contribution in [0.3, 0.4) is 0 Å². The van der Waals surface area contributed by atoms with Crippen molar-refractivity contribution in [3.63, 3.8) is 0 Å². The number of nitrogens with one attached hydrogen (secondary N) is 1. The van der Waals surface area contributed by atoms with Gasteiger partial charge in [0.1, 0.15) is 0 Å². The van der Waals surface area contributed by atoms with Gasteiger partial charge in [0.2, 0.25) is 0 Å². The zero-order valence-corrected chi connectivity index (χ0v) is 16.8. The molecule has 4 rings (SSSR count). The fraction of sp³-hybridized carbons (Fsp3) is 0.261. The Balaban J connectivity index is 1.31. The zero-order valence-electron chi connectivity index (χ0n) is 16.0. The van der Waals surface area contributed by atoms with Crippen LogP contribution in [0.5, 0.6) is 0 Å². The molecule has 1 heterocycles. The van der Waals surface area contributed by atoms with Gasteiger partial charge in [0.05, 0.1) is 11.1 Å². The van der Waals surface area contributed by atoms with Crippen LogP contribution in [0.2, 0.25) is 0 Å². The van der Waals surface area contributed by atoms with Crippen molar-refractivity contribution in [1.29, 1.82) is 0 Å². The predicted molar refractivity (Wildman–Crippen MR) is 114 cm³/mol. The third kappa shape index (κ3) is 5.15. The van der Waals surface area contributed by atoms with E-state index in [2.05, 4.69) is 10.3 Å². The number of carbonyl (C=O) groups is 2. The number of ether oxygens (including phenoxy) is 1. The number of hydrogen-bond donors (Lipinski definition) is 1. The van der Waals surface area contributed by atoms with Crippen LogP contribution in [-0.4, -0.2) is 35.8 Å². The summed E-state index contributed by atoms with van der Waals surface area (Å²) < 4.78 is 5.28. The molecule has 5 nitrogen and oxygen atoms in total. The van der Waals surface area contributed by atoms with Crippen LogP contribution in [0.15, 0.2) is 65.6 Å². The SMILES string of the molecule is O=C(COC(=O)c1cc(C2CC2)nc2ccccc12)NCCSc1ccccc1. The standard InChI is InChI=1S/C23H22N2O3S/c26-22(24-12-13-29-17-6-2-1-3-7-17)15-28-23(27)19-14-21(16-10-11-16)25-20-9-5-4-8-18(19)20/h1-9,14,16H,10-13,15H2,(H,24,26). The fourth-order valence-corrected chi connectivity index (χ4v) is 3.88. The van der Waals surface area contributed by atoms with Crippen LogP contribution >= 0.6 is 11.8 Å². The van der Waals surface area contributed by atoms with Crippen LogP contribution in [0.1, 0.15) is 34.8 Å². The summed E-state index contributed by atoms with van der Waals surface area (Å²) in [6.45, 7) is 0.226. The summed E-state index contributed by atoms with van der Waals surface area (Å²) in [5.74, 6) is 0.396. The molecular formula is C23H22N2O3S. The Morgan fingerprint density at radius 3 is 2.62 bits per heavy atom. The molecule has 148 valence electrons. The topological polar surface area (TPSA) is 68.3 Å². The number of hydrogen-bond acceptors (Lipinski definition) is 5. The predicted octanol–water partition coefficient (Wildman–Crippen LogP) is 4.18. The highest BCUT2D eigenvalue weighted by atomic mass is 32.2. The summed E-state index contributed by atoms with van der Waals surface area (Å²) in [7, 11) is 0.